The van der Waals surface area contributed by atoms with Crippen molar-refractivity contribution >= 4 is 11.4 Å². The van der Waals surface area contributed by atoms with Gasteiger partial charge in [0.05, 0.1) is 17.4 Å². The predicted molar refractivity (Wildman–Crippen MR) is 99.2 cm³/mol. The topological polar surface area (TPSA) is 68.2 Å². The van der Waals surface area contributed by atoms with E-state index in [1.165, 1.54) is 12.3 Å². The molecule has 0 saturated heterocycles. The average Bonchev–Trinajstić information content (AvgIpc) is 2.58. The minimum absolute atomic E-state index is 0.243. The highest BCUT2D eigenvalue weighted by atomic mass is 32.2. The van der Waals surface area contributed by atoms with E-state index >= 15 is 0 Å². The van der Waals surface area contributed by atoms with Gasteiger partial charge in [-0.3, -0.25) is 4.98 Å². The van der Waals surface area contributed by atoms with Crippen molar-refractivity contribution in [2.24, 2.45) is 0 Å². The van der Waals surface area contributed by atoms with Crippen LogP contribution in [0.15, 0.2) is 42.6 Å². The van der Waals surface area contributed by atoms with Crippen molar-refractivity contribution in [2.45, 2.75) is 50.8 Å². The van der Waals surface area contributed by atoms with E-state index in [1.807, 2.05) is 0 Å². The second-order valence-corrected chi connectivity index (χ2v) is 9.21. The van der Waals surface area contributed by atoms with Crippen molar-refractivity contribution in [3.8, 4) is 0 Å². The van der Waals surface area contributed by atoms with Crippen molar-refractivity contribution in [1.82, 2.24) is 9.71 Å². The summed E-state index contributed by atoms with van der Waals surface area (Å²) >= 11 is -1.62. The first-order valence-electron chi connectivity index (χ1n) is 8.39. The maximum atomic E-state index is 13.5. The number of aromatic nitrogens is 1. The molecule has 8 heteroatoms. The standard InChI is InChI=1S/C19H23F3N2O2S/c1-12(25)13-7-9-14(10-8-13)16(24-27(26)18(2,3)4)17-15(19(20,21)22)6-5-11-23-17/h5-12,16,24-25H,1-4H3/t12?,16-,27?/m0/s1. The highest BCUT2D eigenvalue weighted by Crippen LogP contribution is 2.36. The van der Waals surface area contributed by atoms with Gasteiger partial charge in [0.1, 0.15) is 10.8 Å². The zero-order valence-corrected chi connectivity index (χ0v) is 16.4. The van der Waals surface area contributed by atoms with E-state index in [-0.39, 0.29) is 5.69 Å². The molecule has 0 amide bonds. The van der Waals surface area contributed by atoms with Gasteiger partial charge in [-0.25, -0.2) is 0 Å². The third-order valence-electron chi connectivity index (χ3n) is 3.95. The van der Waals surface area contributed by atoms with Gasteiger partial charge >= 0.3 is 6.18 Å². The number of pyridine rings is 1. The van der Waals surface area contributed by atoms with E-state index in [0.29, 0.717) is 11.1 Å². The summed E-state index contributed by atoms with van der Waals surface area (Å²) in [4.78, 5) is 3.95. The molecule has 27 heavy (non-hydrogen) atoms. The fourth-order valence-corrected chi connectivity index (χ4v) is 3.24. The summed E-state index contributed by atoms with van der Waals surface area (Å²) in [6.45, 7) is 6.78. The number of rotatable bonds is 5. The zero-order valence-electron chi connectivity index (χ0n) is 15.5. The second kappa shape index (κ2) is 8.18. The van der Waals surface area contributed by atoms with Crippen LogP contribution in [-0.2, 0) is 17.5 Å². The van der Waals surface area contributed by atoms with Crippen molar-refractivity contribution in [1.29, 1.82) is 0 Å². The molecule has 148 valence electrons. The SMILES string of the molecule is CC(O)c1ccc([C@H](N[S+]([O-])C(C)(C)C)c2ncccc2C(F)(F)F)cc1. The lowest BCUT2D eigenvalue weighted by molar-refractivity contribution is -0.138. The van der Waals surface area contributed by atoms with Crippen LogP contribution in [0.25, 0.3) is 0 Å². The molecule has 3 atom stereocenters. The van der Waals surface area contributed by atoms with Crippen LogP contribution < -0.4 is 4.72 Å². The van der Waals surface area contributed by atoms with Gasteiger partial charge in [-0.1, -0.05) is 24.3 Å². The molecule has 0 radical (unpaired) electrons. The summed E-state index contributed by atoms with van der Waals surface area (Å²) in [5.41, 5.74) is -0.0203. The fraction of sp³-hybridized carbons (Fsp3) is 0.421. The molecule has 0 spiro atoms. The number of alkyl halides is 3. The Morgan fingerprint density at radius 2 is 1.63 bits per heavy atom. The van der Waals surface area contributed by atoms with E-state index in [0.717, 1.165) is 6.07 Å². The Hall–Kier alpha value is -1.61. The largest absolute Gasteiger partial charge is 0.598 e. The number of hydrogen-bond donors (Lipinski definition) is 2. The van der Waals surface area contributed by atoms with E-state index in [1.54, 1.807) is 52.0 Å². The molecule has 2 N–H and O–H groups in total. The summed E-state index contributed by atoms with van der Waals surface area (Å²) in [6.07, 6.45) is -4.01. The lowest BCUT2D eigenvalue weighted by Crippen LogP contribution is -2.42. The summed E-state index contributed by atoms with van der Waals surface area (Å²) < 4.78 is 55.2. The minimum Gasteiger partial charge on any atom is -0.598 e. The molecule has 1 heterocycles. The van der Waals surface area contributed by atoms with Crippen LogP contribution in [0.1, 0.15) is 62.2 Å². The third-order valence-corrected chi connectivity index (χ3v) is 5.51. The first-order valence-corrected chi connectivity index (χ1v) is 9.54. The number of hydrogen-bond acceptors (Lipinski definition) is 4. The van der Waals surface area contributed by atoms with Crippen molar-refractivity contribution < 1.29 is 22.8 Å². The number of nitrogens with one attached hydrogen (secondary N) is 1. The van der Waals surface area contributed by atoms with Crippen LogP contribution in [0.3, 0.4) is 0 Å². The molecule has 1 aromatic carbocycles. The molecule has 2 rings (SSSR count). The minimum atomic E-state index is -4.59. The number of nitrogens with zero attached hydrogens (tertiary/aromatic N) is 1. The molecule has 0 aliphatic heterocycles. The Bertz CT molecular complexity index is 759. The highest BCUT2D eigenvalue weighted by molar-refractivity contribution is 7.90. The van der Waals surface area contributed by atoms with Crippen LogP contribution in [0.5, 0.6) is 0 Å². The van der Waals surface area contributed by atoms with Crippen LogP contribution in [0.4, 0.5) is 13.2 Å². The Morgan fingerprint density at radius 1 is 1.07 bits per heavy atom. The smallest absolute Gasteiger partial charge is 0.418 e. The second-order valence-electron chi connectivity index (χ2n) is 7.21. The first kappa shape index (κ1) is 21.7. The number of benzene rings is 1. The first-order chi connectivity index (χ1) is 12.4. The highest BCUT2D eigenvalue weighted by Gasteiger charge is 2.39. The van der Waals surface area contributed by atoms with Crippen molar-refractivity contribution in [3.05, 3.63) is 65.0 Å². The van der Waals surface area contributed by atoms with Gasteiger partial charge in [0, 0.05) is 17.6 Å². The normalized spacial score (nSPS) is 16.0. The van der Waals surface area contributed by atoms with Crippen molar-refractivity contribution in [3.63, 3.8) is 0 Å². The summed E-state index contributed by atoms with van der Waals surface area (Å²) in [7, 11) is 0. The summed E-state index contributed by atoms with van der Waals surface area (Å²) in [6, 6.07) is 7.63. The van der Waals surface area contributed by atoms with Crippen LogP contribution in [-0.4, -0.2) is 19.4 Å². The summed E-state index contributed by atoms with van der Waals surface area (Å²) in [5, 5.41) is 9.65. The Labute approximate surface area is 160 Å². The Morgan fingerprint density at radius 3 is 2.11 bits per heavy atom. The quantitative estimate of drug-likeness (QED) is 0.735. The van der Waals surface area contributed by atoms with E-state index in [9.17, 15) is 22.8 Å². The van der Waals surface area contributed by atoms with Gasteiger partial charge in [0.25, 0.3) is 0 Å². The molecule has 4 nitrogen and oxygen atoms in total. The molecule has 2 unspecified atom stereocenters. The zero-order chi connectivity index (χ0) is 20.4. The summed E-state index contributed by atoms with van der Waals surface area (Å²) in [5.74, 6) is 0. The molecule has 0 bridgehead atoms. The third kappa shape index (κ3) is 5.44. The molecule has 0 aliphatic rings. The molecule has 2 aromatic rings. The molecule has 0 fully saturated rings. The van der Waals surface area contributed by atoms with E-state index < -0.39 is 40.0 Å². The van der Waals surface area contributed by atoms with E-state index in [2.05, 4.69) is 9.71 Å². The van der Waals surface area contributed by atoms with E-state index in [4.69, 9.17) is 0 Å². The number of halogens is 3. The van der Waals surface area contributed by atoms with Crippen LogP contribution in [0, 0.1) is 0 Å². The van der Waals surface area contributed by atoms with Gasteiger partial charge < -0.3 is 9.66 Å². The lowest BCUT2D eigenvalue weighted by Gasteiger charge is -2.29. The van der Waals surface area contributed by atoms with Gasteiger partial charge in [-0.05, 0) is 51.0 Å². The van der Waals surface area contributed by atoms with Gasteiger partial charge in [0.2, 0.25) is 0 Å². The average molecular weight is 400 g/mol. The van der Waals surface area contributed by atoms with Crippen molar-refractivity contribution in [2.75, 3.05) is 0 Å². The molecular weight excluding hydrogens is 377 g/mol. The Balaban J connectivity index is 2.54. The van der Waals surface area contributed by atoms with Crippen LogP contribution in [0.2, 0.25) is 0 Å². The maximum absolute atomic E-state index is 13.5. The monoisotopic (exact) mass is 400 g/mol. The number of aliphatic hydroxyl groups is 1. The Kier molecular flexibility index (Phi) is 6.57. The molecule has 0 saturated carbocycles. The fourth-order valence-electron chi connectivity index (χ4n) is 2.42. The molecular formula is C19H23F3N2O2S. The lowest BCUT2D eigenvalue weighted by atomic mass is 9.98. The van der Waals surface area contributed by atoms with Gasteiger partial charge in [-0.15, -0.1) is 4.72 Å². The van der Waals surface area contributed by atoms with Gasteiger partial charge in [0.15, 0.2) is 0 Å². The van der Waals surface area contributed by atoms with Gasteiger partial charge in [-0.2, -0.15) is 13.2 Å². The van der Waals surface area contributed by atoms with Crippen LogP contribution >= 0.6 is 0 Å². The maximum Gasteiger partial charge on any atom is 0.418 e. The molecule has 1 aromatic heterocycles. The molecule has 0 aliphatic carbocycles. The predicted octanol–water partition coefficient (Wildman–Crippen LogP) is 4.29. The number of aliphatic hydroxyl groups excluding tert-OH is 1.